The number of furan rings is 1. The van der Waals surface area contributed by atoms with Crippen molar-refractivity contribution in [2.45, 2.75) is 6.92 Å². The van der Waals surface area contributed by atoms with Crippen LogP contribution in [0.15, 0.2) is 58.2 Å². The lowest BCUT2D eigenvalue weighted by Gasteiger charge is -2.05. The monoisotopic (exact) mass is 380 g/mol. The second-order valence-corrected chi connectivity index (χ2v) is 5.75. The van der Waals surface area contributed by atoms with Gasteiger partial charge in [0.05, 0.1) is 23.8 Å². The normalized spacial score (nSPS) is 10.8. The summed E-state index contributed by atoms with van der Waals surface area (Å²) in [5.74, 6) is 0.995. The number of carbonyl (C=O) groups excluding carboxylic acids is 1. The van der Waals surface area contributed by atoms with Crippen LogP contribution in [0.2, 0.25) is 0 Å². The van der Waals surface area contributed by atoms with Gasteiger partial charge >= 0.3 is 5.97 Å². The Kier molecular flexibility index (Phi) is 5.45. The Morgan fingerprint density at radius 3 is 2.79 bits per heavy atom. The van der Waals surface area contributed by atoms with Crippen molar-refractivity contribution in [3.63, 3.8) is 0 Å². The zero-order chi connectivity index (χ0) is 20.1. The number of rotatable bonds is 6. The van der Waals surface area contributed by atoms with Crippen molar-refractivity contribution >= 4 is 23.7 Å². The van der Waals surface area contributed by atoms with Gasteiger partial charge in [0.25, 0.3) is 5.69 Å². The molecule has 28 heavy (non-hydrogen) atoms. The van der Waals surface area contributed by atoms with Gasteiger partial charge in [-0.1, -0.05) is 6.07 Å². The molecule has 0 aliphatic carbocycles. The number of hydrazone groups is 1. The highest BCUT2D eigenvalue weighted by Gasteiger charge is 2.12. The van der Waals surface area contributed by atoms with E-state index in [9.17, 15) is 14.9 Å². The molecule has 0 saturated heterocycles. The minimum Gasteiger partial charge on any atom is -0.465 e. The fourth-order valence-corrected chi connectivity index (χ4v) is 2.42. The average Bonchev–Trinajstić information content (AvgIpc) is 3.16. The zero-order valence-electron chi connectivity index (χ0n) is 15.1. The van der Waals surface area contributed by atoms with E-state index in [0.717, 1.165) is 17.3 Å². The number of esters is 1. The number of anilines is 1. The maximum absolute atomic E-state index is 11.7. The van der Waals surface area contributed by atoms with Gasteiger partial charge in [0, 0.05) is 11.6 Å². The first kappa shape index (κ1) is 18.8. The van der Waals surface area contributed by atoms with Crippen LogP contribution >= 0.6 is 0 Å². The lowest BCUT2D eigenvalue weighted by Crippen LogP contribution is -2.01. The van der Waals surface area contributed by atoms with Gasteiger partial charge in [-0.3, -0.25) is 15.5 Å². The molecule has 3 aromatic rings. The topological polar surface area (TPSA) is 120 Å². The molecule has 0 radical (unpaired) electrons. The SMILES string of the molecule is COC(=O)c1ccc(C)c(-c2ccc(/C=N/Nc3ccc([N+](=O)[O-])cn3)o2)c1. The third-order valence-corrected chi connectivity index (χ3v) is 3.88. The zero-order valence-corrected chi connectivity index (χ0v) is 15.1. The number of nitrogens with zero attached hydrogens (tertiary/aromatic N) is 3. The Balaban J connectivity index is 1.73. The molecule has 9 heteroatoms. The standard InChI is InChI=1S/C19H16N4O5/c1-12-3-4-13(19(24)27-2)9-16(12)17-7-6-15(28-17)11-21-22-18-8-5-14(10-20-18)23(25)26/h3-11H,1-2H3,(H,20,22)/b21-11+. The van der Waals surface area contributed by atoms with Crippen LogP contribution in [-0.4, -0.2) is 29.2 Å². The molecular weight excluding hydrogens is 364 g/mol. The van der Waals surface area contributed by atoms with Crippen LogP contribution in [0, 0.1) is 17.0 Å². The van der Waals surface area contributed by atoms with E-state index in [0.29, 0.717) is 22.9 Å². The van der Waals surface area contributed by atoms with Gasteiger partial charge < -0.3 is 9.15 Å². The number of aromatic nitrogens is 1. The van der Waals surface area contributed by atoms with Crippen LogP contribution in [0.1, 0.15) is 21.7 Å². The fourth-order valence-electron chi connectivity index (χ4n) is 2.42. The minimum absolute atomic E-state index is 0.102. The lowest BCUT2D eigenvalue weighted by molar-refractivity contribution is -0.385. The highest BCUT2D eigenvalue weighted by atomic mass is 16.6. The smallest absolute Gasteiger partial charge is 0.337 e. The Bertz CT molecular complexity index is 1040. The molecule has 0 aliphatic rings. The summed E-state index contributed by atoms with van der Waals surface area (Å²) in [5.41, 5.74) is 4.71. The lowest BCUT2D eigenvalue weighted by atomic mass is 10.0. The van der Waals surface area contributed by atoms with Crippen molar-refractivity contribution in [2.24, 2.45) is 5.10 Å². The molecule has 2 aromatic heterocycles. The van der Waals surface area contributed by atoms with Crippen LogP contribution < -0.4 is 5.43 Å². The van der Waals surface area contributed by atoms with Gasteiger partial charge in [0.15, 0.2) is 0 Å². The van der Waals surface area contributed by atoms with E-state index in [4.69, 9.17) is 9.15 Å². The number of benzene rings is 1. The maximum Gasteiger partial charge on any atom is 0.337 e. The first-order chi connectivity index (χ1) is 13.5. The Morgan fingerprint density at radius 1 is 1.29 bits per heavy atom. The van der Waals surface area contributed by atoms with Gasteiger partial charge in [-0.05, 0) is 42.8 Å². The van der Waals surface area contributed by atoms with E-state index in [1.54, 1.807) is 24.3 Å². The number of nitro groups is 1. The Hall–Kier alpha value is -4.01. The number of pyridine rings is 1. The summed E-state index contributed by atoms with van der Waals surface area (Å²) in [5, 5.41) is 14.6. The van der Waals surface area contributed by atoms with E-state index in [2.05, 4.69) is 15.5 Å². The molecular formula is C19H16N4O5. The van der Waals surface area contributed by atoms with Crippen molar-refractivity contribution in [3.8, 4) is 11.3 Å². The van der Waals surface area contributed by atoms with Crippen molar-refractivity contribution in [1.29, 1.82) is 0 Å². The first-order valence-electron chi connectivity index (χ1n) is 8.16. The van der Waals surface area contributed by atoms with Gasteiger partial charge in [0.1, 0.15) is 23.5 Å². The van der Waals surface area contributed by atoms with Crippen LogP contribution in [0.3, 0.4) is 0 Å². The number of nitrogens with one attached hydrogen (secondary N) is 1. The van der Waals surface area contributed by atoms with E-state index >= 15 is 0 Å². The molecule has 0 saturated carbocycles. The molecule has 0 spiro atoms. The number of carbonyl (C=O) groups is 1. The number of ether oxygens (including phenoxy) is 1. The molecule has 0 amide bonds. The quantitative estimate of drug-likeness (QED) is 0.299. The van der Waals surface area contributed by atoms with Crippen LogP contribution in [-0.2, 0) is 4.74 Å². The number of aryl methyl sites for hydroxylation is 1. The Morgan fingerprint density at radius 2 is 2.11 bits per heavy atom. The molecule has 0 aliphatic heterocycles. The largest absolute Gasteiger partial charge is 0.465 e. The van der Waals surface area contributed by atoms with Gasteiger partial charge in [-0.25, -0.2) is 9.78 Å². The van der Waals surface area contributed by atoms with E-state index in [1.807, 2.05) is 13.0 Å². The number of hydrogen-bond acceptors (Lipinski definition) is 8. The molecule has 3 rings (SSSR count). The summed E-state index contributed by atoms with van der Waals surface area (Å²) in [6.45, 7) is 1.91. The second kappa shape index (κ2) is 8.12. The summed E-state index contributed by atoms with van der Waals surface area (Å²) in [6.07, 6.45) is 2.59. The van der Waals surface area contributed by atoms with Crippen LogP contribution in [0.4, 0.5) is 11.5 Å². The highest BCUT2D eigenvalue weighted by Crippen LogP contribution is 2.26. The van der Waals surface area contributed by atoms with Gasteiger partial charge in [0.2, 0.25) is 0 Å². The molecule has 1 N–H and O–H groups in total. The van der Waals surface area contributed by atoms with Gasteiger partial charge in [-0.2, -0.15) is 5.10 Å². The number of hydrogen-bond donors (Lipinski definition) is 1. The predicted octanol–water partition coefficient (Wildman–Crippen LogP) is 3.79. The molecule has 2 heterocycles. The van der Waals surface area contributed by atoms with Gasteiger partial charge in [-0.15, -0.1) is 0 Å². The van der Waals surface area contributed by atoms with Crippen LogP contribution in [0.5, 0.6) is 0 Å². The molecule has 0 fully saturated rings. The van der Waals surface area contributed by atoms with Crippen LogP contribution in [0.25, 0.3) is 11.3 Å². The molecule has 0 unspecified atom stereocenters. The van der Waals surface area contributed by atoms with Crippen molar-refractivity contribution in [1.82, 2.24) is 4.98 Å². The second-order valence-electron chi connectivity index (χ2n) is 5.75. The van der Waals surface area contributed by atoms with E-state index in [1.165, 1.54) is 25.5 Å². The number of methoxy groups -OCH3 is 1. The third-order valence-electron chi connectivity index (χ3n) is 3.88. The molecule has 142 valence electrons. The average molecular weight is 380 g/mol. The van der Waals surface area contributed by atoms with Crippen molar-refractivity contribution < 1.29 is 18.9 Å². The summed E-state index contributed by atoms with van der Waals surface area (Å²) in [7, 11) is 1.33. The van der Waals surface area contributed by atoms with Crippen molar-refractivity contribution in [2.75, 3.05) is 12.5 Å². The highest BCUT2D eigenvalue weighted by molar-refractivity contribution is 5.91. The fraction of sp³-hybridized carbons (Fsp3) is 0.105. The predicted molar refractivity (Wildman–Crippen MR) is 102 cm³/mol. The first-order valence-corrected chi connectivity index (χ1v) is 8.16. The molecule has 1 aromatic carbocycles. The third kappa shape index (κ3) is 4.21. The molecule has 9 nitrogen and oxygen atoms in total. The Labute approximate surface area is 159 Å². The summed E-state index contributed by atoms with van der Waals surface area (Å²) in [6, 6.07) is 11.5. The molecule has 0 bridgehead atoms. The van der Waals surface area contributed by atoms with E-state index in [-0.39, 0.29) is 5.69 Å². The molecule has 0 atom stereocenters. The van der Waals surface area contributed by atoms with E-state index < -0.39 is 10.9 Å². The summed E-state index contributed by atoms with van der Waals surface area (Å²) < 4.78 is 10.5. The maximum atomic E-state index is 11.7. The van der Waals surface area contributed by atoms with Crippen molar-refractivity contribution in [3.05, 3.63) is 75.7 Å². The summed E-state index contributed by atoms with van der Waals surface area (Å²) >= 11 is 0. The minimum atomic E-state index is -0.526. The summed E-state index contributed by atoms with van der Waals surface area (Å²) in [4.78, 5) is 25.7.